The molecule has 11 heteroatoms. The molecule has 3 amide bonds. The SMILES string of the molecule is CCCN(CCC)C(=O)c1cc(C(N)=O)cc(C(=O)NC(Cc2cc(F)cc(F)c2)C(O)CCc2nc3ccccc3[nH]2)c1. The zero-order chi connectivity index (χ0) is 31.8. The van der Waals surface area contributed by atoms with Gasteiger partial charge in [0, 0.05) is 42.3 Å². The molecule has 4 aromatic rings. The van der Waals surface area contributed by atoms with Gasteiger partial charge in [0.15, 0.2) is 0 Å². The van der Waals surface area contributed by atoms with Crippen molar-refractivity contribution in [2.45, 2.75) is 58.1 Å². The lowest BCUT2D eigenvalue weighted by Crippen LogP contribution is -2.45. The number of fused-ring (bicyclic) bond motifs is 1. The average Bonchev–Trinajstić information content (AvgIpc) is 3.41. The standard InChI is InChI=1S/C33H37F2N5O4/c1-3-11-40(12-4-2)33(44)23-17-21(31(36)42)16-22(18-23)32(43)39-28(15-20-13-24(34)19-25(35)14-20)29(41)9-10-30-37-26-7-5-6-8-27(26)38-30/h5-8,13-14,16-19,28-29,41H,3-4,9-12,15H2,1-2H3,(H2,36,42)(H,37,38)(H,39,43). The molecule has 0 radical (unpaired) electrons. The van der Waals surface area contributed by atoms with Crippen LogP contribution < -0.4 is 11.1 Å². The molecule has 0 spiro atoms. The number of aliphatic hydroxyl groups is 1. The molecule has 44 heavy (non-hydrogen) atoms. The van der Waals surface area contributed by atoms with Crippen LogP contribution in [0.2, 0.25) is 0 Å². The number of nitrogens with zero attached hydrogens (tertiary/aromatic N) is 2. The Morgan fingerprint density at radius 2 is 1.59 bits per heavy atom. The van der Waals surface area contributed by atoms with Crippen molar-refractivity contribution < 1.29 is 28.3 Å². The fourth-order valence-corrected chi connectivity index (χ4v) is 5.19. The van der Waals surface area contributed by atoms with Crippen LogP contribution in [0.3, 0.4) is 0 Å². The number of imidazole rings is 1. The van der Waals surface area contributed by atoms with E-state index >= 15 is 0 Å². The van der Waals surface area contributed by atoms with Crippen LogP contribution in [0.1, 0.15) is 75.6 Å². The van der Waals surface area contributed by atoms with E-state index in [1.54, 1.807) is 4.90 Å². The highest BCUT2D eigenvalue weighted by Crippen LogP contribution is 2.18. The number of halogens is 2. The number of amides is 3. The predicted molar refractivity (Wildman–Crippen MR) is 163 cm³/mol. The molecule has 9 nitrogen and oxygen atoms in total. The third kappa shape index (κ3) is 8.25. The normalized spacial score (nSPS) is 12.6. The predicted octanol–water partition coefficient (Wildman–Crippen LogP) is 4.54. The second-order valence-electron chi connectivity index (χ2n) is 10.8. The number of nitrogens with two attached hydrogens (primary N) is 1. The Kier molecular flexibility index (Phi) is 10.8. The Hall–Kier alpha value is -4.64. The van der Waals surface area contributed by atoms with Crippen LogP contribution in [0.5, 0.6) is 0 Å². The number of hydrogen-bond acceptors (Lipinski definition) is 5. The molecule has 0 aliphatic heterocycles. The van der Waals surface area contributed by atoms with Gasteiger partial charge >= 0.3 is 0 Å². The van der Waals surface area contributed by atoms with Gasteiger partial charge in [-0.15, -0.1) is 0 Å². The van der Waals surface area contributed by atoms with E-state index in [0.29, 0.717) is 25.3 Å². The number of aromatic amines is 1. The van der Waals surface area contributed by atoms with E-state index in [1.807, 2.05) is 38.1 Å². The molecular formula is C33H37F2N5O4. The van der Waals surface area contributed by atoms with E-state index < -0.39 is 35.6 Å². The van der Waals surface area contributed by atoms with Gasteiger partial charge in [0.2, 0.25) is 5.91 Å². The number of rotatable bonds is 14. The number of aliphatic hydroxyl groups excluding tert-OH is 1. The molecule has 0 saturated carbocycles. The summed E-state index contributed by atoms with van der Waals surface area (Å²) in [5.41, 5.74) is 7.46. The summed E-state index contributed by atoms with van der Waals surface area (Å²) in [4.78, 5) is 48.4. The van der Waals surface area contributed by atoms with Crippen LogP contribution in [0, 0.1) is 11.6 Å². The molecule has 0 fully saturated rings. The van der Waals surface area contributed by atoms with E-state index in [4.69, 9.17) is 5.73 Å². The van der Waals surface area contributed by atoms with Crippen molar-refractivity contribution in [3.8, 4) is 0 Å². The molecule has 0 aliphatic rings. The second kappa shape index (κ2) is 14.7. The van der Waals surface area contributed by atoms with Crippen molar-refractivity contribution in [2.24, 2.45) is 5.73 Å². The lowest BCUT2D eigenvalue weighted by molar-refractivity contribution is 0.0755. The minimum Gasteiger partial charge on any atom is -0.391 e. The number of benzene rings is 3. The Morgan fingerprint density at radius 3 is 2.23 bits per heavy atom. The lowest BCUT2D eigenvalue weighted by Gasteiger charge is -2.25. The van der Waals surface area contributed by atoms with E-state index in [1.165, 1.54) is 18.2 Å². The van der Waals surface area contributed by atoms with Crippen LogP contribution in [0.25, 0.3) is 11.0 Å². The molecule has 0 saturated heterocycles. The first-order valence-electron chi connectivity index (χ1n) is 14.7. The molecule has 2 unspecified atom stereocenters. The van der Waals surface area contributed by atoms with Crippen molar-refractivity contribution in [2.75, 3.05) is 13.1 Å². The van der Waals surface area contributed by atoms with Crippen molar-refractivity contribution in [1.82, 2.24) is 20.2 Å². The number of carbonyl (C=O) groups excluding carboxylic acids is 3. The van der Waals surface area contributed by atoms with Crippen LogP contribution in [0.4, 0.5) is 8.78 Å². The highest BCUT2D eigenvalue weighted by atomic mass is 19.1. The van der Waals surface area contributed by atoms with Crippen LogP contribution >= 0.6 is 0 Å². The van der Waals surface area contributed by atoms with Gasteiger partial charge < -0.3 is 26.0 Å². The Labute approximate surface area is 254 Å². The lowest BCUT2D eigenvalue weighted by atomic mass is 9.96. The zero-order valence-corrected chi connectivity index (χ0v) is 24.8. The van der Waals surface area contributed by atoms with Gasteiger partial charge in [-0.05, 0) is 73.7 Å². The fourth-order valence-electron chi connectivity index (χ4n) is 5.19. The van der Waals surface area contributed by atoms with E-state index in [9.17, 15) is 28.3 Å². The number of aryl methyl sites for hydroxylation is 1. The van der Waals surface area contributed by atoms with Gasteiger partial charge in [-0.3, -0.25) is 14.4 Å². The Bertz CT molecular complexity index is 1580. The molecule has 2 atom stereocenters. The van der Waals surface area contributed by atoms with E-state index in [0.717, 1.165) is 42.1 Å². The minimum absolute atomic E-state index is 0.0162. The summed E-state index contributed by atoms with van der Waals surface area (Å²) < 4.78 is 28.0. The summed E-state index contributed by atoms with van der Waals surface area (Å²) in [5.74, 6) is -2.80. The van der Waals surface area contributed by atoms with Gasteiger partial charge in [-0.1, -0.05) is 26.0 Å². The Balaban J connectivity index is 1.60. The molecular weight excluding hydrogens is 568 g/mol. The van der Waals surface area contributed by atoms with E-state index in [-0.39, 0.29) is 41.0 Å². The summed E-state index contributed by atoms with van der Waals surface area (Å²) in [7, 11) is 0. The van der Waals surface area contributed by atoms with Gasteiger partial charge in [0.25, 0.3) is 11.8 Å². The number of carbonyl (C=O) groups is 3. The zero-order valence-electron chi connectivity index (χ0n) is 24.8. The largest absolute Gasteiger partial charge is 0.391 e. The summed E-state index contributed by atoms with van der Waals surface area (Å²) in [6, 6.07) is 13.5. The summed E-state index contributed by atoms with van der Waals surface area (Å²) >= 11 is 0. The second-order valence-corrected chi connectivity index (χ2v) is 10.8. The topological polar surface area (TPSA) is 141 Å². The molecule has 1 heterocycles. The number of hydrogen-bond donors (Lipinski definition) is 4. The number of aromatic nitrogens is 2. The van der Waals surface area contributed by atoms with Crippen LogP contribution in [-0.4, -0.2) is 62.9 Å². The molecule has 3 aromatic carbocycles. The smallest absolute Gasteiger partial charge is 0.253 e. The molecule has 0 aliphatic carbocycles. The third-order valence-corrected chi connectivity index (χ3v) is 7.28. The minimum atomic E-state index is -1.15. The summed E-state index contributed by atoms with van der Waals surface area (Å²) in [6.07, 6.45) is 0.704. The van der Waals surface area contributed by atoms with Crippen molar-refractivity contribution >= 4 is 28.8 Å². The maximum absolute atomic E-state index is 14.0. The first kappa shape index (κ1) is 32.3. The quantitative estimate of drug-likeness (QED) is 0.167. The van der Waals surface area contributed by atoms with Gasteiger partial charge in [-0.2, -0.15) is 0 Å². The number of H-pyrrole nitrogens is 1. The Morgan fingerprint density at radius 1 is 0.955 bits per heavy atom. The monoisotopic (exact) mass is 605 g/mol. The maximum atomic E-state index is 14.0. The van der Waals surface area contributed by atoms with Crippen LogP contribution in [-0.2, 0) is 12.8 Å². The van der Waals surface area contributed by atoms with Gasteiger partial charge in [0.05, 0.1) is 23.2 Å². The molecule has 0 bridgehead atoms. The van der Waals surface area contributed by atoms with Crippen molar-refractivity contribution in [1.29, 1.82) is 0 Å². The van der Waals surface area contributed by atoms with E-state index in [2.05, 4.69) is 15.3 Å². The first-order valence-corrected chi connectivity index (χ1v) is 14.7. The average molecular weight is 606 g/mol. The van der Waals surface area contributed by atoms with Gasteiger partial charge in [-0.25, -0.2) is 13.8 Å². The highest BCUT2D eigenvalue weighted by molar-refractivity contribution is 6.04. The molecule has 4 rings (SSSR count). The van der Waals surface area contributed by atoms with Crippen LogP contribution in [0.15, 0.2) is 60.7 Å². The molecule has 5 N–H and O–H groups in total. The maximum Gasteiger partial charge on any atom is 0.253 e. The first-order chi connectivity index (χ1) is 21.1. The number of para-hydroxylation sites is 2. The number of primary amides is 1. The van der Waals surface area contributed by atoms with Gasteiger partial charge in [0.1, 0.15) is 17.5 Å². The third-order valence-electron chi connectivity index (χ3n) is 7.28. The summed E-state index contributed by atoms with van der Waals surface area (Å²) in [6.45, 7) is 4.88. The van der Waals surface area contributed by atoms with Crippen molar-refractivity contribution in [3.63, 3.8) is 0 Å². The fraction of sp³-hybridized carbons (Fsp3) is 0.333. The molecule has 232 valence electrons. The van der Waals surface area contributed by atoms with Crippen molar-refractivity contribution in [3.05, 3.63) is 100 Å². The number of nitrogens with one attached hydrogen (secondary N) is 2. The highest BCUT2D eigenvalue weighted by Gasteiger charge is 2.25. The molecule has 1 aromatic heterocycles. The summed E-state index contributed by atoms with van der Waals surface area (Å²) in [5, 5.41) is 14.0.